The highest BCUT2D eigenvalue weighted by molar-refractivity contribution is 6.13. The molecule has 6 aromatic heterocycles. The minimum Gasteiger partial charge on any atom is -0.457 e. The highest BCUT2D eigenvalue weighted by Gasteiger charge is 2.20. The maximum absolute atomic E-state index is 6.62. The Morgan fingerprint density at radius 3 is 1.90 bits per heavy atom. The predicted octanol–water partition coefficient (Wildman–Crippen LogP) is 10.7. The van der Waals surface area contributed by atoms with Gasteiger partial charge >= 0.3 is 0 Å². The predicted molar refractivity (Wildman–Crippen MR) is 206 cm³/mol. The standard InChI is InChI=1S/C44H32N6O/c1-25-7-5-8-26(2)40(25)37-16-15-34-32-14-12-30(22-36(32)43-47-24-39(50(43)44(34)48-37)41-27(3)9-6-10-28(41)4)51-29-11-13-31-33-17-18-45-23-38(33)49-20-19-46-42(49)35(31)21-29/h5-24H,1-4H3. The molecule has 6 heterocycles. The fourth-order valence-electron chi connectivity index (χ4n) is 7.99. The van der Waals surface area contributed by atoms with Crippen LogP contribution in [0.15, 0.2) is 122 Å². The molecular formula is C44H32N6O. The second-order valence-electron chi connectivity index (χ2n) is 13.4. The number of rotatable bonds is 4. The average Bonchev–Trinajstić information content (AvgIpc) is 3.81. The molecule has 10 rings (SSSR count). The highest BCUT2D eigenvalue weighted by atomic mass is 16.5. The van der Waals surface area contributed by atoms with Crippen LogP contribution >= 0.6 is 0 Å². The fraction of sp³-hybridized carbons (Fsp3) is 0.0909. The zero-order valence-electron chi connectivity index (χ0n) is 28.6. The molecule has 0 unspecified atom stereocenters. The molecule has 7 nitrogen and oxygen atoms in total. The zero-order valence-corrected chi connectivity index (χ0v) is 28.6. The van der Waals surface area contributed by atoms with Gasteiger partial charge in [-0.2, -0.15) is 0 Å². The second-order valence-corrected chi connectivity index (χ2v) is 13.4. The number of aromatic nitrogens is 6. The van der Waals surface area contributed by atoms with E-state index in [-0.39, 0.29) is 0 Å². The molecule has 0 amide bonds. The quantitative estimate of drug-likeness (QED) is 0.176. The molecule has 0 aliphatic heterocycles. The van der Waals surface area contributed by atoms with Crippen LogP contribution in [-0.2, 0) is 0 Å². The first-order valence-corrected chi connectivity index (χ1v) is 17.1. The lowest BCUT2D eigenvalue weighted by Gasteiger charge is -2.16. The van der Waals surface area contributed by atoms with Gasteiger partial charge in [-0.3, -0.25) is 13.8 Å². The summed E-state index contributed by atoms with van der Waals surface area (Å²) in [5.41, 5.74) is 12.7. The van der Waals surface area contributed by atoms with Gasteiger partial charge in [-0.25, -0.2) is 15.0 Å². The van der Waals surface area contributed by atoms with E-state index in [0.717, 1.165) is 83.2 Å². The number of imidazole rings is 2. The molecule has 7 heteroatoms. The summed E-state index contributed by atoms with van der Waals surface area (Å²) in [6, 6.07) is 31.7. The topological polar surface area (TPSA) is 69.6 Å². The maximum atomic E-state index is 6.62. The van der Waals surface area contributed by atoms with Gasteiger partial charge in [0.05, 0.1) is 29.3 Å². The molecule has 10 aromatic rings. The van der Waals surface area contributed by atoms with Gasteiger partial charge in [0, 0.05) is 51.3 Å². The van der Waals surface area contributed by atoms with Crippen LogP contribution in [0.5, 0.6) is 11.5 Å². The first-order valence-electron chi connectivity index (χ1n) is 17.1. The number of pyridine rings is 4. The maximum Gasteiger partial charge on any atom is 0.147 e. The highest BCUT2D eigenvalue weighted by Crippen LogP contribution is 2.39. The van der Waals surface area contributed by atoms with E-state index in [1.807, 2.05) is 49.2 Å². The van der Waals surface area contributed by atoms with Crippen molar-refractivity contribution in [3.8, 4) is 34.0 Å². The van der Waals surface area contributed by atoms with Crippen LogP contribution < -0.4 is 4.74 Å². The second kappa shape index (κ2) is 11.0. The van der Waals surface area contributed by atoms with E-state index < -0.39 is 0 Å². The molecule has 0 saturated heterocycles. The number of ether oxygens (including phenoxy) is 1. The van der Waals surface area contributed by atoms with Gasteiger partial charge in [0.2, 0.25) is 0 Å². The third kappa shape index (κ3) is 4.37. The van der Waals surface area contributed by atoms with Crippen molar-refractivity contribution >= 4 is 54.8 Å². The van der Waals surface area contributed by atoms with Crippen molar-refractivity contribution in [3.05, 3.63) is 144 Å². The summed E-state index contributed by atoms with van der Waals surface area (Å²) >= 11 is 0. The summed E-state index contributed by atoms with van der Waals surface area (Å²) in [7, 11) is 0. The van der Waals surface area contributed by atoms with Gasteiger partial charge in [-0.1, -0.05) is 36.4 Å². The average molecular weight is 661 g/mol. The normalized spacial score (nSPS) is 11.9. The summed E-state index contributed by atoms with van der Waals surface area (Å²) in [6.07, 6.45) is 9.50. The molecular weight excluding hydrogens is 629 g/mol. The van der Waals surface area contributed by atoms with Crippen molar-refractivity contribution in [3.63, 3.8) is 0 Å². The summed E-state index contributed by atoms with van der Waals surface area (Å²) in [5, 5.41) is 6.36. The van der Waals surface area contributed by atoms with Crippen molar-refractivity contribution in [1.29, 1.82) is 0 Å². The number of nitrogens with zero attached hydrogens (tertiary/aromatic N) is 6. The molecule has 0 saturated carbocycles. The van der Waals surface area contributed by atoms with Gasteiger partial charge < -0.3 is 4.74 Å². The third-order valence-electron chi connectivity index (χ3n) is 10.3. The number of benzene rings is 4. The number of hydrogen-bond donors (Lipinski definition) is 0. The minimum absolute atomic E-state index is 0.726. The molecule has 0 aliphatic carbocycles. The van der Waals surface area contributed by atoms with E-state index in [4.69, 9.17) is 14.7 Å². The van der Waals surface area contributed by atoms with Crippen LogP contribution in [0.4, 0.5) is 0 Å². The van der Waals surface area contributed by atoms with Crippen molar-refractivity contribution < 1.29 is 4.74 Å². The lowest BCUT2D eigenvalue weighted by molar-refractivity contribution is 0.484. The molecule has 0 aliphatic rings. The Kier molecular flexibility index (Phi) is 6.30. The molecule has 51 heavy (non-hydrogen) atoms. The Morgan fingerprint density at radius 1 is 0.529 bits per heavy atom. The Hall–Kier alpha value is -6.60. The van der Waals surface area contributed by atoms with E-state index in [2.05, 4.69) is 119 Å². The Balaban J connectivity index is 1.19. The summed E-state index contributed by atoms with van der Waals surface area (Å²) in [4.78, 5) is 19.5. The van der Waals surface area contributed by atoms with Crippen LogP contribution in [0.2, 0.25) is 0 Å². The third-order valence-corrected chi connectivity index (χ3v) is 10.3. The van der Waals surface area contributed by atoms with Crippen molar-refractivity contribution in [1.82, 2.24) is 28.7 Å². The minimum atomic E-state index is 0.726. The fourth-order valence-corrected chi connectivity index (χ4v) is 7.99. The van der Waals surface area contributed by atoms with Gasteiger partial charge in [0.25, 0.3) is 0 Å². The SMILES string of the molecule is Cc1cccc(C)c1-c1ccc2c3ccc(Oc4ccc5c6ccncc6n6ccnc6c5c4)cc3c3ncc(-c4c(C)cccc4C)n3c2n1. The number of fused-ring (bicyclic) bond motifs is 12. The van der Waals surface area contributed by atoms with Crippen LogP contribution in [0, 0.1) is 27.7 Å². The lowest BCUT2D eigenvalue weighted by atomic mass is 9.98. The van der Waals surface area contributed by atoms with Crippen LogP contribution in [0.3, 0.4) is 0 Å². The van der Waals surface area contributed by atoms with Crippen LogP contribution in [0.1, 0.15) is 22.3 Å². The van der Waals surface area contributed by atoms with E-state index >= 15 is 0 Å². The van der Waals surface area contributed by atoms with E-state index in [9.17, 15) is 0 Å². The van der Waals surface area contributed by atoms with Crippen LogP contribution in [-0.4, -0.2) is 28.7 Å². The lowest BCUT2D eigenvalue weighted by Crippen LogP contribution is -2.00. The van der Waals surface area contributed by atoms with E-state index in [0.29, 0.717) is 0 Å². The first-order chi connectivity index (χ1) is 24.9. The molecule has 244 valence electrons. The van der Waals surface area contributed by atoms with Gasteiger partial charge in [0.15, 0.2) is 0 Å². The van der Waals surface area contributed by atoms with Crippen LogP contribution in [0.25, 0.3) is 77.3 Å². The monoisotopic (exact) mass is 660 g/mol. The smallest absolute Gasteiger partial charge is 0.147 e. The van der Waals surface area contributed by atoms with Gasteiger partial charge in [-0.05, 0) is 115 Å². The van der Waals surface area contributed by atoms with Gasteiger partial charge in [-0.15, -0.1) is 0 Å². The van der Waals surface area contributed by atoms with Crippen molar-refractivity contribution in [2.45, 2.75) is 27.7 Å². The van der Waals surface area contributed by atoms with E-state index in [1.54, 1.807) is 0 Å². The van der Waals surface area contributed by atoms with Crippen molar-refractivity contribution in [2.24, 2.45) is 0 Å². The Labute approximate surface area is 293 Å². The molecule has 0 spiro atoms. The molecule has 0 N–H and O–H groups in total. The van der Waals surface area contributed by atoms with E-state index in [1.165, 1.54) is 27.8 Å². The molecule has 0 atom stereocenters. The number of hydrogen-bond acceptors (Lipinski definition) is 5. The first kappa shape index (κ1) is 29.3. The summed E-state index contributed by atoms with van der Waals surface area (Å²) < 4.78 is 10.9. The molecule has 0 fully saturated rings. The summed E-state index contributed by atoms with van der Waals surface area (Å²) in [6.45, 7) is 8.62. The molecule has 4 aromatic carbocycles. The zero-order chi connectivity index (χ0) is 34.4. The van der Waals surface area contributed by atoms with Crippen molar-refractivity contribution in [2.75, 3.05) is 0 Å². The Bertz CT molecular complexity index is 3020. The molecule has 0 radical (unpaired) electrons. The van der Waals surface area contributed by atoms with Gasteiger partial charge in [0.1, 0.15) is 28.4 Å². The number of aryl methyl sites for hydroxylation is 4. The Morgan fingerprint density at radius 2 is 1.18 bits per heavy atom. The largest absolute Gasteiger partial charge is 0.457 e. The summed E-state index contributed by atoms with van der Waals surface area (Å²) in [5.74, 6) is 1.46. The molecule has 0 bridgehead atoms.